The van der Waals surface area contributed by atoms with Gasteiger partial charge in [-0.25, -0.2) is 0 Å². The molecule has 0 aliphatic carbocycles. The first kappa shape index (κ1) is 53.6. The summed E-state index contributed by atoms with van der Waals surface area (Å²) in [5, 5.41) is 0. The minimum atomic E-state index is -0.825. The largest absolute Gasteiger partial charge is 0.462 e. The molecular weight excluding hydrogens is 721 g/mol. The van der Waals surface area contributed by atoms with Gasteiger partial charge in [0.1, 0.15) is 13.2 Å². The fourth-order valence-electron chi connectivity index (χ4n) is 5.29. The van der Waals surface area contributed by atoms with Crippen LogP contribution in [0.1, 0.15) is 156 Å². The van der Waals surface area contributed by atoms with Gasteiger partial charge in [-0.3, -0.25) is 14.4 Å². The number of ether oxygens (including phenoxy) is 3. The second kappa shape index (κ2) is 45.3. The van der Waals surface area contributed by atoms with Crippen LogP contribution >= 0.6 is 0 Å². The first-order valence-corrected chi connectivity index (χ1v) is 22.3. The topological polar surface area (TPSA) is 78.9 Å². The third-order valence-electron chi connectivity index (χ3n) is 8.63. The van der Waals surface area contributed by atoms with E-state index in [9.17, 15) is 14.4 Å². The van der Waals surface area contributed by atoms with Crippen molar-refractivity contribution < 1.29 is 28.6 Å². The highest BCUT2D eigenvalue weighted by Gasteiger charge is 2.19. The van der Waals surface area contributed by atoms with Gasteiger partial charge < -0.3 is 14.2 Å². The first-order chi connectivity index (χ1) is 28.5. The Hall–Kier alpha value is -4.45. The lowest BCUT2D eigenvalue weighted by Gasteiger charge is -2.18. The highest BCUT2D eigenvalue weighted by Crippen LogP contribution is 2.11. The molecule has 0 aliphatic rings. The minimum absolute atomic E-state index is 0.121. The maximum atomic E-state index is 12.7. The Balaban J connectivity index is 4.60. The maximum absolute atomic E-state index is 12.7. The summed E-state index contributed by atoms with van der Waals surface area (Å²) < 4.78 is 16.6. The van der Waals surface area contributed by atoms with Gasteiger partial charge in [-0.15, -0.1) is 0 Å². The average Bonchev–Trinajstić information content (AvgIpc) is 3.22. The zero-order valence-corrected chi connectivity index (χ0v) is 36.5. The highest BCUT2D eigenvalue weighted by atomic mass is 16.6. The summed E-state index contributed by atoms with van der Waals surface area (Å²) in [5.74, 6) is -1.04. The summed E-state index contributed by atoms with van der Waals surface area (Å²) in [4.78, 5) is 37.7. The van der Waals surface area contributed by atoms with Crippen molar-refractivity contribution in [2.75, 3.05) is 13.2 Å². The number of allylic oxidation sites excluding steroid dienone is 22. The van der Waals surface area contributed by atoms with Crippen molar-refractivity contribution in [1.29, 1.82) is 0 Å². The van der Waals surface area contributed by atoms with E-state index in [0.29, 0.717) is 19.3 Å². The minimum Gasteiger partial charge on any atom is -0.462 e. The van der Waals surface area contributed by atoms with Crippen LogP contribution in [0.5, 0.6) is 0 Å². The molecule has 0 aromatic carbocycles. The van der Waals surface area contributed by atoms with E-state index in [4.69, 9.17) is 14.2 Å². The molecule has 0 saturated heterocycles. The van der Waals surface area contributed by atoms with Crippen molar-refractivity contribution in [1.82, 2.24) is 0 Å². The zero-order valence-electron chi connectivity index (χ0n) is 36.5. The Morgan fingerprint density at radius 1 is 0.362 bits per heavy atom. The third kappa shape index (κ3) is 42.7. The van der Waals surface area contributed by atoms with Crippen LogP contribution in [0, 0.1) is 0 Å². The van der Waals surface area contributed by atoms with E-state index in [2.05, 4.69) is 57.2 Å². The molecule has 0 rings (SSSR count). The van der Waals surface area contributed by atoms with Crippen molar-refractivity contribution in [3.63, 3.8) is 0 Å². The molecule has 0 radical (unpaired) electrons. The van der Waals surface area contributed by atoms with Gasteiger partial charge in [0.2, 0.25) is 0 Å². The molecule has 0 aromatic rings. The Kier molecular flexibility index (Phi) is 41.8. The smallest absolute Gasteiger partial charge is 0.306 e. The third-order valence-corrected chi connectivity index (χ3v) is 8.63. The van der Waals surface area contributed by atoms with Gasteiger partial charge in [0, 0.05) is 19.3 Å². The molecule has 0 bridgehead atoms. The lowest BCUT2D eigenvalue weighted by molar-refractivity contribution is -0.167. The van der Waals surface area contributed by atoms with Gasteiger partial charge in [0.05, 0.1) is 0 Å². The predicted octanol–water partition coefficient (Wildman–Crippen LogP) is 14.4. The summed E-state index contributed by atoms with van der Waals surface area (Å²) in [6.07, 6.45) is 62.9. The molecule has 6 heteroatoms. The molecule has 58 heavy (non-hydrogen) atoms. The van der Waals surface area contributed by atoms with E-state index in [-0.39, 0.29) is 37.5 Å². The van der Waals surface area contributed by atoms with E-state index in [1.54, 1.807) is 0 Å². The molecule has 0 fully saturated rings. The van der Waals surface area contributed by atoms with E-state index in [1.165, 1.54) is 12.8 Å². The quantitative estimate of drug-likeness (QED) is 0.0205. The van der Waals surface area contributed by atoms with E-state index < -0.39 is 6.10 Å². The standard InChI is InChI=1S/C52H78O6/c1-4-7-10-13-16-19-22-24-26-28-30-33-36-39-42-45-51(54)57-48-49(47-56-50(53)44-41-38-35-32-21-18-15-12-9-6-3)58-52(55)46-43-40-37-34-31-29-27-25-23-20-17-14-11-8-5-2/h7-8,10-11,13-20,22-31,49H,4-6,9,12,21,32-48H2,1-3H3/b10-7-,11-8-,16-13-,17-14-,18-15-,22-19-,23-20-,26-24-,27-25-,30-28-,31-29-. The highest BCUT2D eigenvalue weighted by molar-refractivity contribution is 5.71. The van der Waals surface area contributed by atoms with Gasteiger partial charge >= 0.3 is 17.9 Å². The molecule has 6 nitrogen and oxygen atoms in total. The fourth-order valence-corrected chi connectivity index (χ4v) is 5.29. The lowest BCUT2D eigenvalue weighted by atomic mass is 10.1. The predicted molar refractivity (Wildman–Crippen MR) is 246 cm³/mol. The second-order valence-corrected chi connectivity index (χ2v) is 14.1. The van der Waals surface area contributed by atoms with Crippen molar-refractivity contribution >= 4 is 17.9 Å². The SMILES string of the molecule is CC\C=C/C=C\C=C/C=C\C=C/CCCCCC(=O)OCC(COC(=O)CCCCCC/C=C\CCCC)OC(=O)CCCCC\C=C/C=C\C=C/C=C\C=C/CC. The molecule has 0 N–H and O–H groups in total. The molecule has 322 valence electrons. The molecule has 1 atom stereocenters. The molecule has 0 heterocycles. The molecular formula is C52H78O6. The van der Waals surface area contributed by atoms with Crippen LogP contribution in [0.4, 0.5) is 0 Å². The molecule has 0 aromatic heterocycles. The van der Waals surface area contributed by atoms with E-state index >= 15 is 0 Å². The molecule has 0 saturated carbocycles. The molecule has 1 unspecified atom stereocenters. The lowest BCUT2D eigenvalue weighted by Crippen LogP contribution is -2.30. The summed E-state index contributed by atoms with van der Waals surface area (Å²) >= 11 is 0. The van der Waals surface area contributed by atoms with E-state index in [1.807, 2.05) is 97.2 Å². The molecule has 0 aliphatic heterocycles. The van der Waals surface area contributed by atoms with Crippen LogP contribution in [0.15, 0.2) is 134 Å². The Morgan fingerprint density at radius 2 is 0.690 bits per heavy atom. The summed E-state index contributed by atoms with van der Waals surface area (Å²) in [6.45, 7) is 6.18. The maximum Gasteiger partial charge on any atom is 0.306 e. The average molecular weight is 799 g/mol. The summed E-state index contributed by atoms with van der Waals surface area (Å²) in [5.41, 5.74) is 0. The number of hydrogen-bond donors (Lipinski definition) is 0. The van der Waals surface area contributed by atoms with Crippen molar-refractivity contribution in [3.8, 4) is 0 Å². The normalized spacial score (nSPS) is 13.4. The van der Waals surface area contributed by atoms with Crippen LogP contribution in [0.25, 0.3) is 0 Å². The fraction of sp³-hybridized carbons (Fsp3) is 0.519. The van der Waals surface area contributed by atoms with Gasteiger partial charge in [-0.05, 0) is 77.0 Å². The van der Waals surface area contributed by atoms with Crippen LogP contribution < -0.4 is 0 Å². The number of carbonyl (C=O) groups excluding carboxylic acids is 3. The number of hydrogen-bond acceptors (Lipinski definition) is 6. The van der Waals surface area contributed by atoms with Crippen molar-refractivity contribution in [2.45, 2.75) is 162 Å². The molecule has 0 spiro atoms. The number of rotatable bonds is 37. The van der Waals surface area contributed by atoms with Gasteiger partial charge in [-0.1, -0.05) is 193 Å². The van der Waals surface area contributed by atoms with Gasteiger partial charge in [0.15, 0.2) is 6.10 Å². The van der Waals surface area contributed by atoms with Gasteiger partial charge in [0.25, 0.3) is 0 Å². The Bertz CT molecular complexity index is 1330. The van der Waals surface area contributed by atoms with Crippen LogP contribution in [-0.2, 0) is 28.6 Å². The number of esters is 3. The number of unbranched alkanes of at least 4 members (excludes halogenated alkanes) is 12. The van der Waals surface area contributed by atoms with Crippen molar-refractivity contribution in [3.05, 3.63) is 134 Å². The van der Waals surface area contributed by atoms with Gasteiger partial charge in [-0.2, -0.15) is 0 Å². The Labute approximate surface area is 354 Å². The van der Waals surface area contributed by atoms with Crippen LogP contribution in [-0.4, -0.2) is 37.2 Å². The summed E-state index contributed by atoms with van der Waals surface area (Å²) in [7, 11) is 0. The molecule has 0 amide bonds. The zero-order chi connectivity index (χ0) is 42.3. The Morgan fingerprint density at radius 3 is 1.10 bits per heavy atom. The van der Waals surface area contributed by atoms with Crippen LogP contribution in [0.2, 0.25) is 0 Å². The second-order valence-electron chi connectivity index (χ2n) is 14.1. The summed E-state index contributed by atoms with van der Waals surface area (Å²) in [6, 6.07) is 0. The van der Waals surface area contributed by atoms with Crippen LogP contribution in [0.3, 0.4) is 0 Å². The number of carbonyl (C=O) groups is 3. The van der Waals surface area contributed by atoms with Crippen molar-refractivity contribution in [2.24, 2.45) is 0 Å². The first-order valence-electron chi connectivity index (χ1n) is 22.3. The monoisotopic (exact) mass is 799 g/mol. The van der Waals surface area contributed by atoms with E-state index in [0.717, 1.165) is 96.3 Å².